The summed E-state index contributed by atoms with van der Waals surface area (Å²) >= 11 is 1.76. The average molecular weight is 336 g/mol. The van der Waals surface area contributed by atoms with Crippen LogP contribution in [0.2, 0.25) is 0 Å². The van der Waals surface area contributed by atoms with E-state index in [9.17, 15) is 0 Å². The molecule has 0 bridgehead atoms. The fraction of sp³-hybridized carbons (Fsp3) is 0.300. The maximum atomic E-state index is 5.84. The second kappa shape index (κ2) is 7.32. The third kappa shape index (κ3) is 3.30. The molecule has 1 atom stereocenters. The summed E-state index contributed by atoms with van der Waals surface area (Å²) in [7, 11) is 0. The van der Waals surface area contributed by atoms with Gasteiger partial charge in [0.15, 0.2) is 0 Å². The van der Waals surface area contributed by atoms with Gasteiger partial charge in [-0.15, -0.1) is 22.0 Å². The maximum absolute atomic E-state index is 5.84. The van der Waals surface area contributed by atoms with Gasteiger partial charge >= 0.3 is 0 Å². The fourth-order valence-corrected chi connectivity index (χ4v) is 4.14. The highest BCUT2D eigenvalue weighted by atomic mass is 32.2. The Labute approximate surface area is 146 Å². The topological polar surface area (TPSA) is 35.0 Å². The molecule has 2 heterocycles. The summed E-state index contributed by atoms with van der Waals surface area (Å²) in [6.45, 7) is 0.893. The summed E-state index contributed by atoms with van der Waals surface area (Å²) in [5.74, 6) is 0.948. The van der Waals surface area contributed by atoms with Crippen LogP contribution in [0.15, 0.2) is 59.6 Å². The third-order valence-corrected chi connectivity index (χ3v) is 5.49. The van der Waals surface area contributed by atoms with Crippen LogP contribution in [0.4, 0.5) is 0 Å². The van der Waals surface area contributed by atoms with Crippen LogP contribution < -0.4 is 0 Å². The summed E-state index contributed by atoms with van der Waals surface area (Å²) in [5, 5.41) is 12.4. The van der Waals surface area contributed by atoms with Crippen molar-refractivity contribution in [3.8, 4) is 11.3 Å². The third-order valence-electron chi connectivity index (χ3n) is 4.38. The Balaban J connectivity index is 1.65. The van der Waals surface area contributed by atoms with Gasteiger partial charge in [0.1, 0.15) is 10.7 Å². The van der Waals surface area contributed by atoms with Gasteiger partial charge in [0.2, 0.25) is 0 Å². The van der Waals surface area contributed by atoms with Crippen LogP contribution in [0, 0.1) is 0 Å². The normalized spacial score (nSPS) is 17.9. The monoisotopic (exact) mass is 336 g/mol. The molecule has 2 aromatic carbocycles. The first kappa shape index (κ1) is 15.6. The van der Waals surface area contributed by atoms with Gasteiger partial charge in [0.05, 0.1) is 6.10 Å². The summed E-state index contributed by atoms with van der Waals surface area (Å²) < 4.78 is 5.84. The predicted molar refractivity (Wildman–Crippen MR) is 99.3 cm³/mol. The average Bonchev–Trinajstić information content (AvgIpc) is 2.67. The van der Waals surface area contributed by atoms with Crippen LogP contribution >= 0.6 is 11.8 Å². The molecule has 0 N–H and O–H groups in total. The zero-order valence-electron chi connectivity index (χ0n) is 13.5. The molecule has 1 aliphatic heterocycles. The van der Waals surface area contributed by atoms with E-state index < -0.39 is 0 Å². The molecule has 0 saturated carbocycles. The van der Waals surface area contributed by atoms with E-state index in [1.807, 2.05) is 18.2 Å². The summed E-state index contributed by atoms with van der Waals surface area (Å²) in [6.07, 6.45) is 3.96. The lowest BCUT2D eigenvalue weighted by Crippen LogP contribution is -2.21. The molecule has 0 unspecified atom stereocenters. The molecule has 4 rings (SSSR count). The fourth-order valence-electron chi connectivity index (χ4n) is 3.11. The van der Waals surface area contributed by atoms with Crippen LogP contribution in [0.1, 0.15) is 19.3 Å². The number of aromatic nitrogens is 2. The first-order valence-electron chi connectivity index (χ1n) is 8.47. The Bertz CT molecular complexity index is 816. The summed E-state index contributed by atoms with van der Waals surface area (Å²) in [6, 6.07) is 18.7. The quantitative estimate of drug-likeness (QED) is 0.631. The van der Waals surface area contributed by atoms with Crippen molar-refractivity contribution < 1.29 is 4.74 Å². The number of rotatable bonds is 4. The highest BCUT2D eigenvalue weighted by molar-refractivity contribution is 7.99. The van der Waals surface area contributed by atoms with Gasteiger partial charge < -0.3 is 4.74 Å². The van der Waals surface area contributed by atoms with Crippen molar-refractivity contribution in [2.24, 2.45) is 0 Å². The highest BCUT2D eigenvalue weighted by Crippen LogP contribution is 2.32. The van der Waals surface area contributed by atoms with Gasteiger partial charge in [-0.05, 0) is 19.3 Å². The first-order chi connectivity index (χ1) is 11.9. The Morgan fingerprint density at radius 3 is 2.50 bits per heavy atom. The van der Waals surface area contributed by atoms with E-state index in [4.69, 9.17) is 4.74 Å². The number of ether oxygens (including phenoxy) is 1. The Morgan fingerprint density at radius 1 is 0.917 bits per heavy atom. The zero-order valence-corrected chi connectivity index (χ0v) is 14.3. The molecule has 1 aromatic heterocycles. The van der Waals surface area contributed by atoms with Crippen molar-refractivity contribution >= 4 is 22.5 Å². The molecule has 1 saturated heterocycles. The molecule has 0 radical (unpaired) electrons. The van der Waals surface area contributed by atoms with E-state index >= 15 is 0 Å². The van der Waals surface area contributed by atoms with Crippen molar-refractivity contribution in [2.75, 3.05) is 12.4 Å². The van der Waals surface area contributed by atoms with E-state index in [0.29, 0.717) is 6.10 Å². The van der Waals surface area contributed by atoms with E-state index in [1.54, 1.807) is 11.8 Å². The largest absolute Gasteiger partial charge is 0.377 e. The minimum atomic E-state index is 0.345. The molecular formula is C20H20N2OS. The number of thioether (sulfide) groups is 1. The molecule has 0 amide bonds. The first-order valence-corrected chi connectivity index (χ1v) is 9.45. The van der Waals surface area contributed by atoms with Crippen LogP contribution in [-0.4, -0.2) is 28.7 Å². The van der Waals surface area contributed by atoms with Gasteiger partial charge in [-0.3, -0.25) is 0 Å². The number of hydrogen-bond acceptors (Lipinski definition) is 4. The standard InChI is InChI=1S/C20H20N2OS/c1-2-8-15(9-3-1)19-17-11-4-5-12-18(17)20(22-21-19)24-14-16-10-6-7-13-23-16/h1-5,8-9,11-12,16H,6-7,10,13-14H2/t16-/m1/s1. The number of hydrogen-bond donors (Lipinski definition) is 0. The Morgan fingerprint density at radius 2 is 1.71 bits per heavy atom. The summed E-state index contributed by atoms with van der Waals surface area (Å²) in [4.78, 5) is 0. The van der Waals surface area contributed by atoms with E-state index in [0.717, 1.165) is 40.5 Å². The minimum Gasteiger partial charge on any atom is -0.377 e. The molecule has 3 aromatic rings. The van der Waals surface area contributed by atoms with Crippen LogP contribution in [-0.2, 0) is 4.74 Å². The van der Waals surface area contributed by atoms with E-state index in [1.165, 1.54) is 18.2 Å². The molecular weight excluding hydrogens is 316 g/mol. The number of benzene rings is 2. The van der Waals surface area contributed by atoms with E-state index in [-0.39, 0.29) is 0 Å². The smallest absolute Gasteiger partial charge is 0.127 e. The summed E-state index contributed by atoms with van der Waals surface area (Å²) in [5.41, 5.74) is 2.05. The molecule has 1 fully saturated rings. The number of nitrogens with zero attached hydrogens (tertiary/aromatic N) is 2. The Kier molecular flexibility index (Phi) is 4.76. The molecule has 122 valence electrons. The van der Waals surface area contributed by atoms with Gasteiger partial charge in [-0.25, -0.2) is 0 Å². The lowest BCUT2D eigenvalue weighted by molar-refractivity contribution is 0.0315. The molecule has 1 aliphatic rings. The van der Waals surface area contributed by atoms with Gasteiger partial charge in [0, 0.05) is 28.7 Å². The van der Waals surface area contributed by atoms with Crippen molar-refractivity contribution in [2.45, 2.75) is 30.4 Å². The Hall–Kier alpha value is -1.91. The lowest BCUT2D eigenvalue weighted by Gasteiger charge is -2.22. The molecule has 3 nitrogen and oxygen atoms in total. The van der Waals surface area contributed by atoms with Crippen LogP contribution in [0.5, 0.6) is 0 Å². The van der Waals surface area contributed by atoms with Crippen molar-refractivity contribution in [1.82, 2.24) is 10.2 Å². The van der Waals surface area contributed by atoms with Gasteiger partial charge in [-0.1, -0.05) is 54.6 Å². The highest BCUT2D eigenvalue weighted by Gasteiger charge is 2.16. The number of fused-ring (bicyclic) bond motifs is 1. The van der Waals surface area contributed by atoms with Crippen molar-refractivity contribution in [1.29, 1.82) is 0 Å². The lowest BCUT2D eigenvalue weighted by atomic mass is 10.1. The molecule has 4 heteroatoms. The second-order valence-corrected chi connectivity index (χ2v) is 7.07. The zero-order chi connectivity index (χ0) is 16.2. The molecule has 24 heavy (non-hydrogen) atoms. The van der Waals surface area contributed by atoms with E-state index in [2.05, 4.69) is 46.6 Å². The second-order valence-electron chi connectivity index (χ2n) is 6.06. The SMILES string of the molecule is c1ccc(-c2nnc(SC[C@H]3CCCCO3)c3ccccc23)cc1. The minimum absolute atomic E-state index is 0.345. The maximum Gasteiger partial charge on any atom is 0.127 e. The van der Waals surface area contributed by atoms with Crippen LogP contribution in [0.25, 0.3) is 22.0 Å². The van der Waals surface area contributed by atoms with Crippen molar-refractivity contribution in [3.05, 3.63) is 54.6 Å². The predicted octanol–water partition coefficient (Wildman–Crippen LogP) is 4.96. The molecule has 0 aliphatic carbocycles. The molecule has 0 spiro atoms. The van der Waals surface area contributed by atoms with Gasteiger partial charge in [0.25, 0.3) is 0 Å². The van der Waals surface area contributed by atoms with Crippen LogP contribution in [0.3, 0.4) is 0 Å². The van der Waals surface area contributed by atoms with Gasteiger partial charge in [-0.2, -0.15) is 0 Å². The van der Waals surface area contributed by atoms with Crippen molar-refractivity contribution in [3.63, 3.8) is 0 Å².